The molecule has 1 atom stereocenters. The van der Waals surface area contributed by atoms with Crippen molar-refractivity contribution in [2.45, 2.75) is 30.7 Å². The van der Waals surface area contributed by atoms with E-state index in [2.05, 4.69) is 10.6 Å². The maximum atomic E-state index is 12.8. The number of amides is 3. The van der Waals surface area contributed by atoms with Crippen LogP contribution in [0.3, 0.4) is 0 Å². The van der Waals surface area contributed by atoms with Crippen molar-refractivity contribution in [3.63, 3.8) is 0 Å². The summed E-state index contributed by atoms with van der Waals surface area (Å²) in [7, 11) is -4.12. The molecule has 1 saturated heterocycles. The smallest absolute Gasteiger partial charge is 0.267 e. The molecule has 0 aliphatic carbocycles. The number of carbonyl (C=O) groups is 3. The molecule has 146 valence electrons. The molecule has 28 heavy (non-hydrogen) atoms. The van der Waals surface area contributed by atoms with Crippen LogP contribution in [0, 0.1) is 0 Å². The lowest BCUT2D eigenvalue weighted by Gasteiger charge is -2.23. The second-order valence-corrected chi connectivity index (χ2v) is 8.12. The maximum absolute atomic E-state index is 12.8. The van der Waals surface area contributed by atoms with E-state index in [-0.39, 0.29) is 23.6 Å². The molecular weight excluding hydrogens is 382 g/mol. The first-order valence-corrected chi connectivity index (χ1v) is 10.0. The standard InChI is InChI=1S/C19H19N3O5S/c1-13(23)20-14-7-9-15(10-8-14)21-19(25)17-11-12-18(24)22(17)28(26,27)16-5-3-2-4-6-16/h2-10,17H,11-12H2,1H3,(H,20,23)(H,21,25)/t17-/m1/s1. The highest BCUT2D eigenvalue weighted by Gasteiger charge is 2.44. The number of rotatable bonds is 5. The molecule has 3 rings (SSSR count). The summed E-state index contributed by atoms with van der Waals surface area (Å²) in [5.74, 6) is -1.41. The lowest BCUT2D eigenvalue weighted by atomic mass is 10.2. The normalized spacial score (nSPS) is 16.7. The highest BCUT2D eigenvalue weighted by molar-refractivity contribution is 7.89. The van der Waals surface area contributed by atoms with Crippen molar-refractivity contribution in [1.82, 2.24) is 4.31 Å². The number of hydrogen-bond acceptors (Lipinski definition) is 5. The number of sulfonamides is 1. The SMILES string of the molecule is CC(=O)Nc1ccc(NC(=O)[C@H]2CCC(=O)N2S(=O)(=O)c2ccccc2)cc1. The molecule has 1 fully saturated rings. The third-order valence-electron chi connectivity index (χ3n) is 4.24. The molecular formula is C19H19N3O5S. The Kier molecular flexibility index (Phi) is 5.46. The van der Waals surface area contributed by atoms with E-state index in [1.807, 2.05) is 0 Å². The monoisotopic (exact) mass is 401 g/mol. The van der Waals surface area contributed by atoms with Crippen molar-refractivity contribution in [1.29, 1.82) is 0 Å². The first-order valence-electron chi connectivity index (χ1n) is 8.60. The van der Waals surface area contributed by atoms with Crippen LogP contribution in [-0.2, 0) is 24.4 Å². The van der Waals surface area contributed by atoms with Gasteiger partial charge in [0.1, 0.15) is 6.04 Å². The fourth-order valence-corrected chi connectivity index (χ4v) is 4.60. The molecule has 0 spiro atoms. The van der Waals surface area contributed by atoms with Crippen LogP contribution in [0.25, 0.3) is 0 Å². The molecule has 2 aromatic carbocycles. The zero-order chi connectivity index (χ0) is 20.3. The molecule has 3 amide bonds. The van der Waals surface area contributed by atoms with Crippen LogP contribution in [-0.4, -0.2) is 36.5 Å². The Hall–Kier alpha value is -3.20. The van der Waals surface area contributed by atoms with E-state index in [4.69, 9.17) is 0 Å². The Morgan fingerprint density at radius 1 is 0.964 bits per heavy atom. The van der Waals surface area contributed by atoms with Crippen molar-refractivity contribution >= 4 is 39.1 Å². The van der Waals surface area contributed by atoms with Gasteiger partial charge in [0.2, 0.25) is 17.7 Å². The minimum absolute atomic E-state index is 0.0222. The molecule has 0 unspecified atom stereocenters. The van der Waals surface area contributed by atoms with Crippen molar-refractivity contribution in [3.8, 4) is 0 Å². The molecule has 1 aliphatic heterocycles. The first kappa shape index (κ1) is 19.6. The summed E-state index contributed by atoms with van der Waals surface area (Å²) in [5.41, 5.74) is 0.991. The zero-order valence-electron chi connectivity index (χ0n) is 15.1. The Morgan fingerprint density at radius 3 is 2.11 bits per heavy atom. The summed E-state index contributed by atoms with van der Waals surface area (Å²) < 4.78 is 26.4. The Labute approximate surface area is 162 Å². The largest absolute Gasteiger partial charge is 0.326 e. The zero-order valence-corrected chi connectivity index (χ0v) is 15.9. The average molecular weight is 401 g/mol. The molecule has 1 aliphatic rings. The summed E-state index contributed by atoms with van der Waals surface area (Å²) in [5, 5.41) is 5.24. The van der Waals surface area contributed by atoms with Crippen LogP contribution < -0.4 is 10.6 Å². The van der Waals surface area contributed by atoms with E-state index in [0.29, 0.717) is 15.7 Å². The lowest BCUT2D eigenvalue weighted by Crippen LogP contribution is -2.45. The molecule has 1 heterocycles. The molecule has 2 N–H and O–H groups in total. The predicted octanol–water partition coefficient (Wildman–Crippen LogP) is 1.96. The molecule has 9 heteroatoms. The van der Waals surface area contributed by atoms with Gasteiger partial charge in [0.05, 0.1) is 4.90 Å². The third kappa shape index (κ3) is 4.04. The van der Waals surface area contributed by atoms with Gasteiger partial charge in [-0.25, -0.2) is 12.7 Å². The van der Waals surface area contributed by atoms with Crippen LogP contribution in [0.15, 0.2) is 59.5 Å². The van der Waals surface area contributed by atoms with Gasteiger partial charge in [0, 0.05) is 24.7 Å². The molecule has 2 aromatic rings. The van der Waals surface area contributed by atoms with Gasteiger partial charge < -0.3 is 10.6 Å². The minimum atomic E-state index is -4.12. The quantitative estimate of drug-likeness (QED) is 0.795. The van der Waals surface area contributed by atoms with Crippen LogP contribution in [0.1, 0.15) is 19.8 Å². The van der Waals surface area contributed by atoms with E-state index < -0.39 is 27.9 Å². The second-order valence-electron chi connectivity index (χ2n) is 6.31. The number of anilines is 2. The highest BCUT2D eigenvalue weighted by atomic mass is 32.2. The van der Waals surface area contributed by atoms with Crippen LogP contribution in [0.4, 0.5) is 11.4 Å². The Balaban J connectivity index is 1.79. The van der Waals surface area contributed by atoms with Gasteiger partial charge in [-0.3, -0.25) is 14.4 Å². The van der Waals surface area contributed by atoms with Gasteiger partial charge in [-0.1, -0.05) is 18.2 Å². The summed E-state index contributed by atoms with van der Waals surface area (Å²) in [6.45, 7) is 1.38. The topological polar surface area (TPSA) is 113 Å². The molecule has 8 nitrogen and oxygen atoms in total. The molecule has 0 aromatic heterocycles. The van der Waals surface area contributed by atoms with Crippen molar-refractivity contribution in [2.75, 3.05) is 10.6 Å². The van der Waals surface area contributed by atoms with Gasteiger partial charge >= 0.3 is 0 Å². The molecule has 0 saturated carbocycles. The minimum Gasteiger partial charge on any atom is -0.326 e. The second kappa shape index (κ2) is 7.81. The summed E-state index contributed by atoms with van der Waals surface area (Å²) >= 11 is 0. The van der Waals surface area contributed by atoms with E-state index in [1.165, 1.54) is 19.1 Å². The van der Waals surface area contributed by atoms with Crippen LogP contribution >= 0.6 is 0 Å². The Morgan fingerprint density at radius 2 is 1.54 bits per heavy atom. The van der Waals surface area contributed by atoms with Crippen molar-refractivity contribution in [3.05, 3.63) is 54.6 Å². The van der Waals surface area contributed by atoms with E-state index in [1.54, 1.807) is 42.5 Å². The van der Waals surface area contributed by atoms with Gasteiger partial charge in [0.25, 0.3) is 10.0 Å². The maximum Gasteiger partial charge on any atom is 0.267 e. The third-order valence-corrected chi connectivity index (χ3v) is 6.08. The summed E-state index contributed by atoms with van der Waals surface area (Å²) in [4.78, 5) is 35.9. The van der Waals surface area contributed by atoms with Crippen molar-refractivity contribution < 1.29 is 22.8 Å². The number of nitrogens with zero attached hydrogens (tertiary/aromatic N) is 1. The summed E-state index contributed by atoms with van der Waals surface area (Å²) in [6, 6.07) is 12.8. The van der Waals surface area contributed by atoms with Crippen LogP contribution in [0.2, 0.25) is 0 Å². The van der Waals surface area contributed by atoms with Gasteiger partial charge in [-0.2, -0.15) is 0 Å². The molecule has 0 bridgehead atoms. The molecule has 0 radical (unpaired) electrons. The first-order chi connectivity index (χ1) is 13.3. The highest BCUT2D eigenvalue weighted by Crippen LogP contribution is 2.28. The van der Waals surface area contributed by atoms with Gasteiger partial charge in [-0.15, -0.1) is 0 Å². The van der Waals surface area contributed by atoms with Crippen molar-refractivity contribution in [2.24, 2.45) is 0 Å². The fraction of sp³-hybridized carbons (Fsp3) is 0.211. The van der Waals surface area contributed by atoms with Gasteiger partial charge in [-0.05, 0) is 42.8 Å². The van der Waals surface area contributed by atoms with E-state index in [9.17, 15) is 22.8 Å². The number of benzene rings is 2. The summed E-state index contributed by atoms with van der Waals surface area (Å²) in [6.07, 6.45) is 0.0896. The van der Waals surface area contributed by atoms with E-state index in [0.717, 1.165) is 0 Å². The Bertz CT molecular complexity index is 1000. The number of nitrogens with one attached hydrogen (secondary N) is 2. The van der Waals surface area contributed by atoms with Gasteiger partial charge in [0.15, 0.2) is 0 Å². The average Bonchev–Trinajstić information content (AvgIpc) is 3.06. The number of carbonyl (C=O) groups excluding carboxylic acids is 3. The van der Waals surface area contributed by atoms with Crippen LogP contribution in [0.5, 0.6) is 0 Å². The number of hydrogen-bond donors (Lipinski definition) is 2. The predicted molar refractivity (Wildman–Crippen MR) is 103 cm³/mol. The fourth-order valence-electron chi connectivity index (χ4n) is 2.97. The lowest BCUT2D eigenvalue weighted by molar-refractivity contribution is -0.128. The van der Waals surface area contributed by atoms with E-state index >= 15 is 0 Å².